The number of nitrogens with one attached hydrogen (secondary N) is 1. The minimum Gasteiger partial charge on any atom is -0.354 e. The van der Waals surface area contributed by atoms with Gasteiger partial charge in [0, 0.05) is 13.1 Å². The van der Waals surface area contributed by atoms with Gasteiger partial charge in [-0.05, 0) is 42.4 Å². The predicted octanol–water partition coefficient (Wildman–Crippen LogP) is 4.16. The van der Waals surface area contributed by atoms with Crippen LogP contribution in [0.2, 0.25) is 0 Å². The maximum absolute atomic E-state index is 13.3. The van der Waals surface area contributed by atoms with E-state index in [1.54, 1.807) is 4.90 Å². The molecule has 0 heterocycles. The molecular formula is C25H34N2O2. The number of hydrogen-bond donors (Lipinski definition) is 1. The highest BCUT2D eigenvalue weighted by Crippen LogP contribution is 2.14. The van der Waals surface area contributed by atoms with Crippen LogP contribution in [-0.2, 0) is 22.4 Å². The van der Waals surface area contributed by atoms with Crippen LogP contribution in [0, 0.1) is 12.8 Å². The molecule has 0 saturated carbocycles. The van der Waals surface area contributed by atoms with Crippen LogP contribution in [0.4, 0.5) is 0 Å². The van der Waals surface area contributed by atoms with Crippen molar-refractivity contribution in [2.75, 3.05) is 13.1 Å². The van der Waals surface area contributed by atoms with E-state index in [-0.39, 0.29) is 11.8 Å². The van der Waals surface area contributed by atoms with Gasteiger partial charge in [0.25, 0.3) is 0 Å². The van der Waals surface area contributed by atoms with Crippen molar-refractivity contribution < 1.29 is 9.59 Å². The van der Waals surface area contributed by atoms with Gasteiger partial charge in [-0.2, -0.15) is 0 Å². The highest BCUT2D eigenvalue weighted by Gasteiger charge is 2.28. The first-order valence-corrected chi connectivity index (χ1v) is 10.6. The molecule has 1 N–H and O–H groups in total. The van der Waals surface area contributed by atoms with Crippen molar-refractivity contribution in [2.45, 2.75) is 53.0 Å². The molecule has 0 saturated heterocycles. The van der Waals surface area contributed by atoms with E-state index in [0.29, 0.717) is 31.8 Å². The number of benzene rings is 2. The Labute approximate surface area is 175 Å². The van der Waals surface area contributed by atoms with Gasteiger partial charge in [-0.15, -0.1) is 0 Å². The SMILES string of the molecule is CCC(C(=O)NCC(C)C)N(CCc1ccccc1)C(=O)Cc1ccccc1C. The molecular weight excluding hydrogens is 360 g/mol. The topological polar surface area (TPSA) is 49.4 Å². The molecule has 4 heteroatoms. The van der Waals surface area contributed by atoms with Crippen LogP contribution in [0.25, 0.3) is 0 Å². The van der Waals surface area contributed by atoms with Crippen LogP contribution in [-0.4, -0.2) is 35.8 Å². The lowest BCUT2D eigenvalue weighted by Gasteiger charge is -2.31. The average Bonchev–Trinajstić information content (AvgIpc) is 2.71. The molecule has 156 valence electrons. The Morgan fingerprint density at radius 2 is 1.66 bits per heavy atom. The summed E-state index contributed by atoms with van der Waals surface area (Å²) in [6.07, 6.45) is 1.64. The standard InChI is InChI=1S/C25H34N2O2/c1-5-23(25(29)26-18-19(2)3)27(16-15-21-12-7-6-8-13-21)24(28)17-22-14-10-9-11-20(22)4/h6-14,19,23H,5,15-18H2,1-4H3,(H,26,29). The summed E-state index contributed by atoms with van der Waals surface area (Å²) in [7, 11) is 0. The van der Waals surface area contributed by atoms with Crippen molar-refractivity contribution in [3.63, 3.8) is 0 Å². The molecule has 1 atom stereocenters. The van der Waals surface area contributed by atoms with Crippen molar-refractivity contribution in [3.8, 4) is 0 Å². The van der Waals surface area contributed by atoms with Gasteiger partial charge in [0.15, 0.2) is 0 Å². The molecule has 0 radical (unpaired) electrons. The molecule has 1 unspecified atom stereocenters. The minimum absolute atomic E-state index is 0.00165. The zero-order valence-corrected chi connectivity index (χ0v) is 18.2. The fourth-order valence-corrected chi connectivity index (χ4v) is 3.39. The van der Waals surface area contributed by atoms with E-state index in [1.165, 1.54) is 5.56 Å². The van der Waals surface area contributed by atoms with Gasteiger partial charge >= 0.3 is 0 Å². The number of carbonyl (C=O) groups is 2. The van der Waals surface area contributed by atoms with E-state index >= 15 is 0 Å². The first kappa shape index (κ1) is 22.7. The molecule has 2 rings (SSSR count). The Bertz CT molecular complexity index is 786. The van der Waals surface area contributed by atoms with Gasteiger partial charge in [-0.1, -0.05) is 75.4 Å². The van der Waals surface area contributed by atoms with Crippen LogP contribution in [0.15, 0.2) is 54.6 Å². The van der Waals surface area contributed by atoms with Crippen molar-refractivity contribution in [2.24, 2.45) is 5.92 Å². The molecule has 0 aliphatic carbocycles. The van der Waals surface area contributed by atoms with E-state index in [1.807, 2.05) is 56.3 Å². The smallest absolute Gasteiger partial charge is 0.242 e. The summed E-state index contributed by atoms with van der Waals surface area (Å²) >= 11 is 0. The molecule has 2 aromatic carbocycles. The zero-order chi connectivity index (χ0) is 21.2. The second-order valence-corrected chi connectivity index (χ2v) is 7.99. The molecule has 4 nitrogen and oxygen atoms in total. The van der Waals surface area contributed by atoms with E-state index in [9.17, 15) is 9.59 Å². The fraction of sp³-hybridized carbons (Fsp3) is 0.440. The van der Waals surface area contributed by atoms with Crippen molar-refractivity contribution in [3.05, 3.63) is 71.3 Å². The van der Waals surface area contributed by atoms with E-state index in [4.69, 9.17) is 0 Å². The Balaban J connectivity index is 2.19. The molecule has 29 heavy (non-hydrogen) atoms. The highest BCUT2D eigenvalue weighted by molar-refractivity contribution is 5.88. The summed E-state index contributed by atoms with van der Waals surface area (Å²) < 4.78 is 0. The number of rotatable bonds is 10. The van der Waals surface area contributed by atoms with Crippen LogP contribution in [0.3, 0.4) is 0 Å². The Morgan fingerprint density at radius 3 is 2.28 bits per heavy atom. The average molecular weight is 395 g/mol. The molecule has 0 bridgehead atoms. The summed E-state index contributed by atoms with van der Waals surface area (Å²) in [5, 5.41) is 3.01. The van der Waals surface area contributed by atoms with E-state index < -0.39 is 6.04 Å². The number of amides is 2. The normalized spacial score (nSPS) is 11.9. The van der Waals surface area contributed by atoms with Gasteiger partial charge in [0.05, 0.1) is 6.42 Å². The van der Waals surface area contributed by atoms with Gasteiger partial charge < -0.3 is 10.2 Å². The van der Waals surface area contributed by atoms with Crippen LogP contribution < -0.4 is 5.32 Å². The lowest BCUT2D eigenvalue weighted by molar-refractivity contribution is -0.140. The molecule has 0 aliphatic rings. The maximum Gasteiger partial charge on any atom is 0.242 e. The summed E-state index contributed by atoms with van der Waals surface area (Å²) in [4.78, 5) is 27.9. The first-order chi connectivity index (χ1) is 13.9. The number of nitrogens with zero attached hydrogens (tertiary/aromatic N) is 1. The monoisotopic (exact) mass is 394 g/mol. The third-order valence-corrected chi connectivity index (χ3v) is 5.16. The first-order valence-electron chi connectivity index (χ1n) is 10.6. The molecule has 2 aromatic rings. The third-order valence-electron chi connectivity index (χ3n) is 5.16. The van der Waals surface area contributed by atoms with Gasteiger partial charge in [0.2, 0.25) is 11.8 Å². The van der Waals surface area contributed by atoms with Crippen molar-refractivity contribution in [1.82, 2.24) is 10.2 Å². The maximum atomic E-state index is 13.3. The van der Waals surface area contributed by atoms with Gasteiger partial charge in [0.1, 0.15) is 6.04 Å². The summed E-state index contributed by atoms with van der Waals surface area (Å²) in [6, 6.07) is 17.6. The molecule has 2 amide bonds. The second kappa shape index (κ2) is 11.4. The number of aryl methyl sites for hydroxylation is 1. The Kier molecular flexibility index (Phi) is 8.91. The predicted molar refractivity (Wildman–Crippen MR) is 119 cm³/mol. The molecule has 0 aliphatic heterocycles. The van der Waals surface area contributed by atoms with Crippen LogP contribution in [0.1, 0.15) is 43.9 Å². The highest BCUT2D eigenvalue weighted by atomic mass is 16.2. The molecule has 0 aromatic heterocycles. The fourth-order valence-electron chi connectivity index (χ4n) is 3.39. The zero-order valence-electron chi connectivity index (χ0n) is 18.2. The van der Waals surface area contributed by atoms with Crippen LogP contribution in [0.5, 0.6) is 0 Å². The lowest BCUT2D eigenvalue weighted by atomic mass is 10.0. The van der Waals surface area contributed by atoms with Crippen molar-refractivity contribution in [1.29, 1.82) is 0 Å². The Morgan fingerprint density at radius 1 is 1.00 bits per heavy atom. The van der Waals surface area contributed by atoms with Gasteiger partial charge in [-0.3, -0.25) is 9.59 Å². The minimum atomic E-state index is -0.450. The van der Waals surface area contributed by atoms with Gasteiger partial charge in [-0.25, -0.2) is 0 Å². The van der Waals surface area contributed by atoms with E-state index in [2.05, 4.69) is 31.3 Å². The number of carbonyl (C=O) groups excluding carboxylic acids is 2. The molecule has 0 fully saturated rings. The second-order valence-electron chi connectivity index (χ2n) is 7.99. The summed E-state index contributed by atoms with van der Waals surface area (Å²) in [5.74, 6) is 0.311. The summed E-state index contributed by atoms with van der Waals surface area (Å²) in [5.41, 5.74) is 3.28. The third kappa shape index (κ3) is 7.04. The molecule has 0 spiro atoms. The largest absolute Gasteiger partial charge is 0.354 e. The quantitative estimate of drug-likeness (QED) is 0.658. The Hall–Kier alpha value is -2.62. The van der Waals surface area contributed by atoms with Crippen molar-refractivity contribution >= 4 is 11.8 Å². The lowest BCUT2D eigenvalue weighted by Crippen LogP contribution is -2.51. The summed E-state index contributed by atoms with van der Waals surface area (Å²) in [6.45, 7) is 9.27. The van der Waals surface area contributed by atoms with Crippen LogP contribution >= 0.6 is 0 Å². The number of hydrogen-bond acceptors (Lipinski definition) is 2. The van der Waals surface area contributed by atoms with E-state index in [0.717, 1.165) is 17.5 Å².